The molecule has 24 heavy (non-hydrogen) atoms. The molecule has 0 radical (unpaired) electrons. The van der Waals surface area contributed by atoms with Crippen molar-refractivity contribution in [1.29, 1.82) is 0 Å². The van der Waals surface area contributed by atoms with Gasteiger partial charge in [-0.15, -0.1) is 5.10 Å². The molecule has 3 rings (SSSR count). The van der Waals surface area contributed by atoms with Crippen LogP contribution in [-0.4, -0.2) is 15.5 Å². The summed E-state index contributed by atoms with van der Waals surface area (Å²) in [6, 6.07) is 11.3. The summed E-state index contributed by atoms with van der Waals surface area (Å²) >= 11 is 0.969. The maximum absolute atomic E-state index is 13.0. The zero-order valence-electron chi connectivity index (χ0n) is 12.7. The molecule has 0 saturated heterocycles. The van der Waals surface area contributed by atoms with E-state index in [0.717, 1.165) is 17.1 Å². The van der Waals surface area contributed by atoms with Crippen molar-refractivity contribution in [2.45, 2.75) is 13.0 Å². The lowest BCUT2D eigenvalue weighted by atomic mass is 10.1. The molecule has 0 unspecified atom stereocenters. The topological polar surface area (TPSA) is 54.9 Å². The van der Waals surface area contributed by atoms with Gasteiger partial charge in [-0.2, -0.15) is 0 Å². The lowest BCUT2D eigenvalue weighted by Gasteiger charge is -2.14. The third-order valence-corrected chi connectivity index (χ3v) is 4.25. The number of carbonyl (C=O) groups excluding carboxylic acids is 1. The fraction of sp³-hybridized carbons (Fsp3) is 0.118. The van der Waals surface area contributed by atoms with E-state index < -0.39 is 0 Å². The summed E-state index contributed by atoms with van der Waals surface area (Å²) in [5.74, 6) is -1.03. The van der Waals surface area contributed by atoms with E-state index in [1.54, 1.807) is 31.2 Å². The van der Waals surface area contributed by atoms with Crippen molar-refractivity contribution in [3.63, 3.8) is 0 Å². The van der Waals surface area contributed by atoms with Crippen LogP contribution in [0.2, 0.25) is 0 Å². The lowest BCUT2D eigenvalue weighted by molar-refractivity contribution is 0.0944. The summed E-state index contributed by atoms with van der Waals surface area (Å²) in [6.07, 6.45) is 0. The van der Waals surface area contributed by atoms with Crippen molar-refractivity contribution in [2.75, 3.05) is 0 Å². The predicted octanol–water partition coefficient (Wildman–Crippen LogP) is 3.97. The number of halogens is 2. The Kier molecular flexibility index (Phi) is 4.61. The maximum atomic E-state index is 13.0. The van der Waals surface area contributed by atoms with Gasteiger partial charge in [0.15, 0.2) is 0 Å². The molecule has 7 heteroatoms. The summed E-state index contributed by atoms with van der Waals surface area (Å²) in [4.78, 5) is 12.8. The first-order valence-electron chi connectivity index (χ1n) is 7.19. The van der Waals surface area contributed by atoms with Gasteiger partial charge in [-0.1, -0.05) is 16.6 Å². The second kappa shape index (κ2) is 6.84. The number of nitrogens with one attached hydrogen (secondary N) is 1. The van der Waals surface area contributed by atoms with Crippen molar-refractivity contribution in [2.24, 2.45) is 0 Å². The molecule has 2 aromatic carbocycles. The van der Waals surface area contributed by atoms with E-state index in [0.29, 0.717) is 16.1 Å². The molecule has 122 valence electrons. The molecule has 0 bridgehead atoms. The molecular weight excluding hydrogens is 332 g/mol. The fourth-order valence-corrected chi connectivity index (χ4v) is 2.82. The number of hydrogen-bond donors (Lipinski definition) is 1. The Morgan fingerprint density at radius 3 is 2.25 bits per heavy atom. The van der Waals surface area contributed by atoms with E-state index in [4.69, 9.17) is 0 Å². The van der Waals surface area contributed by atoms with Gasteiger partial charge < -0.3 is 5.32 Å². The van der Waals surface area contributed by atoms with Crippen molar-refractivity contribution in [3.8, 4) is 11.3 Å². The molecule has 0 fully saturated rings. The SMILES string of the molecule is C[C@H](NC(=O)c1snnc1-c1ccc(F)cc1)c1ccc(F)cc1. The van der Waals surface area contributed by atoms with E-state index in [1.807, 2.05) is 0 Å². The molecule has 0 aliphatic carbocycles. The standard InChI is InChI=1S/C17H13F2N3OS/c1-10(11-2-6-13(18)7-3-11)20-17(23)16-15(21-22-24-16)12-4-8-14(19)9-5-12/h2-10H,1H3,(H,20,23)/t10-/m0/s1. The monoisotopic (exact) mass is 345 g/mol. The molecule has 4 nitrogen and oxygen atoms in total. The van der Waals surface area contributed by atoms with Crippen LogP contribution in [-0.2, 0) is 0 Å². The van der Waals surface area contributed by atoms with Crippen LogP contribution >= 0.6 is 11.5 Å². The zero-order valence-corrected chi connectivity index (χ0v) is 13.5. The number of nitrogens with zero attached hydrogens (tertiary/aromatic N) is 2. The van der Waals surface area contributed by atoms with Gasteiger partial charge in [-0.3, -0.25) is 4.79 Å². The minimum atomic E-state index is -0.363. The minimum absolute atomic E-state index is 0.304. The van der Waals surface area contributed by atoms with Crippen molar-refractivity contribution < 1.29 is 13.6 Å². The smallest absolute Gasteiger partial charge is 0.265 e. The molecule has 1 heterocycles. The second-order valence-corrected chi connectivity index (χ2v) is 5.96. The summed E-state index contributed by atoms with van der Waals surface area (Å²) in [7, 11) is 0. The van der Waals surface area contributed by atoms with Gasteiger partial charge in [0.2, 0.25) is 0 Å². The second-order valence-electron chi connectivity index (χ2n) is 5.20. The Labute approximate surface area is 141 Å². The van der Waals surface area contributed by atoms with Gasteiger partial charge in [0.05, 0.1) is 6.04 Å². The molecule has 3 aromatic rings. The average molecular weight is 345 g/mol. The predicted molar refractivity (Wildman–Crippen MR) is 87.6 cm³/mol. The van der Waals surface area contributed by atoms with Gasteiger partial charge in [-0.05, 0) is 60.4 Å². The number of carbonyl (C=O) groups is 1. The highest BCUT2D eigenvalue weighted by Crippen LogP contribution is 2.25. The first kappa shape index (κ1) is 16.2. The average Bonchev–Trinajstić information content (AvgIpc) is 3.06. The number of amides is 1. The quantitative estimate of drug-likeness (QED) is 0.778. The number of hydrogen-bond acceptors (Lipinski definition) is 4. The van der Waals surface area contributed by atoms with E-state index in [-0.39, 0.29) is 23.6 Å². The van der Waals surface area contributed by atoms with Gasteiger partial charge in [0.1, 0.15) is 22.2 Å². The van der Waals surface area contributed by atoms with Crippen LogP contribution in [0.1, 0.15) is 28.2 Å². The van der Waals surface area contributed by atoms with Crippen LogP contribution in [0.25, 0.3) is 11.3 Å². The highest BCUT2D eigenvalue weighted by Gasteiger charge is 2.20. The summed E-state index contributed by atoms with van der Waals surface area (Å²) in [6.45, 7) is 1.80. The van der Waals surface area contributed by atoms with E-state index in [9.17, 15) is 13.6 Å². The normalized spacial score (nSPS) is 12.0. The summed E-state index contributed by atoms with van der Waals surface area (Å²) < 4.78 is 29.8. The van der Waals surface area contributed by atoms with Crippen molar-refractivity contribution in [3.05, 3.63) is 70.6 Å². The molecule has 0 spiro atoms. The Morgan fingerprint density at radius 2 is 1.62 bits per heavy atom. The Hall–Kier alpha value is -2.67. The van der Waals surface area contributed by atoms with Crippen LogP contribution in [0.4, 0.5) is 8.78 Å². The first-order valence-corrected chi connectivity index (χ1v) is 7.96. The Balaban J connectivity index is 1.80. The molecule has 1 aromatic heterocycles. The van der Waals surface area contributed by atoms with Crippen LogP contribution < -0.4 is 5.32 Å². The van der Waals surface area contributed by atoms with E-state index in [2.05, 4.69) is 14.9 Å². The molecule has 0 aliphatic heterocycles. The van der Waals surface area contributed by atoms with Crippen LogP contribution in [0.3, 0.4) is 0 Å². The first-order chi connectivity index (χ1) is 11.5. The van der Waals surface area contributed by atoms with E-state index >= 15 is 0 Å². The molecule has 1 amide bonds. The van der Waals surface area contributed by atoms with Crippen LogP contribution in [0, 0.1) is 11.6 Å². The minimum Gasteiger partial charge on any atom is -0.345 e. The third-order valence-electron chi connectivity index (χ3n) is 3.53. The largest absolute Gasteiger partial charge is 0.345 e. The molecule has 0 saturated carbocycles. The van der Waals surface area contributed by atoms with Gasteiger partial charge >= 0.3 is 0 Å². The Bertz CT molecular complexity index is 847. The maximum Gasteiger partial charge on any atom is 0.265 e. The Morgan fingerprint density at radius 1 is 1.04 bits per heavy atom. The highest BCUT2D eigenvalue weighted by atomic mass is 32.1. The molecule has 1 atom stereocenters. The summed E-state index contributed by atoms with van der Waals surface area (Å²) in [5.41, 5.74) is 1.80. The third kappa shape index (κ3) is 3.46. The molecular formula is C17H13F2N3OS. The van der Waals surface area contributed by atoms with Crippen LogP contribution in [0.15, 0.2) is 48.5 Å². The zero-order chi connectivity index (χ0) is 17.1. The van der Waals surface area contributed by atoms with Gasteiger partial charge in [-0.25, -0.2) is 8.78 Å². The lowest BCUT2D eigenvalue weighted by Crippen LogP contribution is -2.26. The van der Waals surface area contributed by atoms with Gasteiger partial charge in [0.25, 0.3) is 5.91 Å². The van der Waals surface area contributed by atoms with Crippen molar-refractivity contribution >= 4 is 17.4 Å². The highest BCUT2D eigenvalue weighted by molar-refractivity contribution is 7.08. The molecule has 0 aliphatic rings. The van der Waals surface area contributed by atoms with E-state index in [1.165, 1.54) is 24.3 Å². The van der Waals surface area contributed by atoms with Crippen LogP contribution in [0.5, 0.6) is 0 Å². The van der Waals surface area contributed by atoms with Gasteiger partial charge in [0, 0.05) is 5.56 Å². The number of benzene rings is 2. The van der Waals surface area contributed by atoms with Crippen molar-refractivity contribution in [1.82, 2.24) is 14.9 Å². The fourth-order valence-electron chi connectivity index (χ4n) is 2.23. The number of aromatic nitrogens is 2. The molecule has 1 N–H and O–H groups in total. The number of rotatable bonds is 4. The summed E-state index contributed by atoms with van der Waals surface area (Å²) in [5, 5.41) is 6.80.